The molecule has 9 heteroatoms. The second-order valence-electron chi connectivity index (χ2n) is 7.07. The van der Waals surface area contributed by atoms with Crippen LogP contribution in [0, 0.1) is 12.7 Å². The topological polar surface area (TPSA) is 109 Å². The van der Waals surface area contributed by atoms with Crippen LogP contribution in [0.4, 0.5) is 4.39 Å². The van der Waals surface area contributed by atoms with E-state index in [-0.39, 0.29) is 12.4 Å². The van der Waals surface area contributed by atoms with E-state index in [1.54, 1.807) is 35.4 Å². The Labute approximate surface area is 177 Å². The summed E-state index contributed by atoms with van der Waals surface area (Å²) in [6.45, 7) is 2.71. The molecule has 1 aromatic carbocycles. The van der Waals surface area contributed by atoms with Gasteiger partial charge in [0.1, 0.15) is 11.5 Å². The van der Waals surface area contributed by atoms with Crippen LogP contribution >= 0.6 is 0 Å². The Balaban J connectivity index is 1.60. The third-order valence-electron chi connectivity index (χ3n) is 4.79. The quantitative estimate of drug-likeness (QED) is 0.378. The maximum absolute atomic E-state index is 14.6. The monoisotopic (exact) mass is 420 g/mol. The molecule has 0 atom stereocenters. The molecular weight excluding hydrogens is 399 g/mol. The van der Waals surface area contributed by atoms with Gasteiger partial charge in [0.2, 0.25) is 0 Å². The van der Waals surface area contributed by atoms with E-state index >= 15 is 0 Å². The van der Waals surface area contributed by atoms with E-state index in [4.69, 9.17) is 5.11 Å². The largest absolute Gasteiger partial charge is 0.480 e. The molecule has 4 rings (SSSR count). The van der Waals surface area contributed by atoms with E-state index in [0.717, 1.165) is 22.5 Å². The van der Waals surface area contributed by atoms with Gasteiger partial charge in [-0.25, -0.2) is 4.39 Å². The number of rotatable bonds is 8. The molecule has 158 valence electrons. The predicted molar refractivity (Wildman–Crippen MR) is 114 cm³/mol. The number of nitrogens with zero attached hydrogens (tertiary/aromatic N) is 4. The highest BCUT2D eigenvalue weighted by atomic mass is 19.1. The molecule has 4 aromatic rings. The van der Waals surface area contributed by atoms with E-state index in [9.17, 15) is 9.18 Å². The molecule has 0 saturated heterocycles. The zero-order chi connectivity index (χ0) is 21.8. The number of carboxylic acid groups (broad SMARTS) is 1. The molecule has 3 N–H and O–H groups in total. The molecule has 0 aliphatic carbocycles. The van der Waals surface area contributed by atoms with Crippen molar-refractivity contribution < 1.29 is 14.3 Å². The number of halogens is 1. The normalized spacial score (nSPS) is 11.0. The van der Waals surface area contributed by atoms with Crippen molar-refractivity contribution in [2.24, 2.45) is 0 Å². The molecule has 3 aromatic heterocycles. The molecule has 0 aliphatic heterocycles. The van der Waals surface area contributed by atoms with Gasteiger partial charge in [0.05, 0.1) is 25.0 Å². The summed E-state index contributed by atoms with van der Waals surface area (Å²) in [4.78, 5) is 15.1. The average molecular weight is 420 g/mol. The van der Waals surface area contributed by atoms with Crippen LogP contribution in [0.25, 0.3) is 33.6 Å². The lowest BCUT2D eigenvalue weighted by Crippen LogP contribution is -2.26. The van der Waals surface area contributed by atoms with Crippen molar-refractivity contribution in [3.63, 3.8) is 0 Å². The number of pyridine rings is 1. The first-order valence-electron chi connectivity index (χ1n) is 9.74. The van der Waals surface area contributed by atoms with Gasteiger partial charge < -0.3 is 10.4 Å². The Kier molecular flexibility index (Phi) is 5.85. The molecule has 0 amide bonds. The van der Waals surface area contributed by atoms with Gasteiger partial charge in [0.15, 0.2) is 0 Å². The van der Waals surface area contributed by atoms with Crippen molar-refractivity contribution in [1.29, 1.82) is 0 Å². The third-order valence-corrected chi connectivity index (χ3v) is 4.79. The number of aromatic amines is 1. The molecule has 0 spiro atoms. The van der Waals surface area contributed by atoms with Crippen molar-refractivity contribution >= 4 is 5.97 Å². The second kappa shape index (κ2) is 8.88. The van der Waals surface area contributed by atoms with Crippen molar-refractivity contribution in [1.82, 2.24) is 30.3 Å². The van der Waals surface area contributed by atoms with Gasteiger partial charge in [-0.1, -0.05) is 12.1 Å². The lowest BCUT2D eigenvalue weighted by molar-refractivity contribution is -0.135. The zero-order valence-electron chi connectivity index (χ0n) is 16.8. The molecular formula is C22H21FN6O2. The van der Waals surface area contributed by atoms with Gasteiger partial charge in [-0.2, -0.15) is 10.2 Å². The molecule has 0 saturated carbocycles. The number of hydrogen-bond donors (Lipinski definition) is 3. The standard InChI is InChI=1S/C22H21FN6O2/c1-14-3-2-4-20(27-14)22-18(11-25-28-22)15-5-6-19(23)17(9-15)16-10-26-29(13-16)8-7-24-12-21(30)31/h2-6,9-11,13,24H,7-8,12H2,1H3,(H,25,28)(H,30,31). The van der Waals surface area contributed by atoms with Crippen molar-refractivity contribution in [2.75, 3.05) is 13.1 Å². The van der Waals surface area contributed by atoms with E-state index in [1.165, 1.54) is 6.07 Å². The molecule has 0 bridgehead atoms. The summed E-state index contributed by atoms with van der Waals surface area (Å²) in [5, 5.41) is 22.9. The Bertz CT molecular complexity index is 1220. The molecule has 31 heavy (non-hydrogen) atoms. The number of aliphatic carboxylic acids is 1. The smallest absolute Gasteiger partial charge is 0.317 e. The van der Waals surface area contributed by atoms with Gasteiger partial charge in [0.25, 0.3) is 0 Å². The van der Waals surface area contributed by atoms with Gasteiger partial charge in [0, 0.05) is 41.3 Å². The minimum atomic E-state index is -0.917. The second-order valence-corrected chi connectivity index (χ2v) is 7.07. The number of hydrogen-bond acceptors (Lipinski definition) is 5. The minimum absolute atomic E-state index is 0.117. The Morgan fingerprint density at radius 1 is 1.23 bits per heavy atom. The summed E-state index contributed by atoms with van der Waals surface area (Å²) < 4.78 is 16.3. The molecule has 8 nitrogen and oxygen atoms in total. The SMILES string of the molecule is Cc1cccc(-c2n[nH]cc2-c2ccc(F)c(-c3cnn(CCNCC(=O)O)c3)c2)n1. The number of nitrogens with one attached hydrogen (secondary N) is 2. The van der Waals surface area contributed by atoms with Crippen LogP contribution in [0.1, 0.15) is 5.69 Å². The van der Waals surface area contributed by atoms with Gasteiger partial charge in [-0.15, -0.1) is 0 Å². The lowest BCUT2D eigenvalue weighted by atomic mass is 9.99. The van der Waals surface area contributed by atoms with Crippen molar-refractivity contribution in [3.8, 4) is 33.6 Å². The van der Waals surface area contributed by atoms with Gasteiger partial charge in [-0.3, -0.25) is 19.6 Å². The highest BCUT2D eigenvalue weighted by Crippen LogP contribution is 2.33. The zero-order valence-corrected chi connectivity index (χ0v) is 16.8. The summed E-state index contributed by atoms with van der Waals surface area (Å²) in [5.41, 5.74) is 5.01. The average Bonchev–Trinajstić information content (AvgIpc) is 3.41. The fourth-order valence-electron chi connectivity index (χ4n) is 3.31. The van der Waals surface area contributed by atoms with Crippen LogP contribution in [-0.4, -0.2) is 49.1 Å². The van der Waals surface area contributed by atoms with Crippen LogP contribution in [0.15, 0.2) is 55.0 Å². The first kappa shape index (κ1) is 20.4. The maximum atomic E-state index is 14.6. The molecule has 0 unspecified atom stereocenters. The molecule has 0 radical (unpaired) electrons. The summed E-state index contributed by atoms with van der Waals surface area (Å²) in [7, 11) is 0. The summed E-state index contributed by atoms with van der Waals surface area (Å²) in [6.07, 6.45) is 5.11. The number of benzene rings is 1. The van der Waals surface area contributed by atoms with Gasteiger partial charge in [-0.05, 0) is 36.8 Å². The van der Waals surface area contributed by atoms with E-state index in [2.05, 4.69) is 25.6 Å². The number of carbonyl (C=O) groups is 1. The summed E-state index contributed by atoms with van der Waals surface area (Å²) in [5.74, 6) is -1.27. The predicted octanol–water partition coefficient (Wildman–Crippen LogP) is 3.12. The number of carboxylic acids is 1. The molecule has 3 heterocycles. The highest BCUT2D eigenvalue weighted by molar-refractivity contribution is 5.81. The van der Waals surface area contributed by atoms with E-state index in [0.29, 0.717) is 29.9 Å². The number of H-pyrrole nitrogens is 1. The van der Waals surface area contributed by atoms with Crippen LogP contribution < -0.4 is 5.32 Å². The Hall–Kier alpha value is -3.85. The first-order valence-corrected chi connectivity index (χ1v) is 9.74. The first-order chi connectivity index (χ1) is 15.0. The third kappa shape index (κ3) is 4.67. The summed E-state index contributed by atoms with van der Waals surface area (Å²) >= 11 is 0. The van der Waals surface area contributed by atoms with E-state index in [1.807, 2.05) is 25.1 Å². The van der Waals surface area contributed by atoms with Crippen molar-refractivity contribution in [3.05, 3.63) is 66.5 Å². The molecule has 0 fully saturated rings. The lowest BCUT2D eigenvalue weighted by Gasteiger charge is -2.07. The number of aromatic nitrogens is 5. The van der Waals surface area contributed by atoms with Crippen LogP contribution in [0.5, 0.6) is 0 Å². The fraction of sp³-hybridized carbons (Fsp3) is 0.182. The fourth-order valence-corrected chi connectivity index (χ4v) is 3.31. The Morgan fingerprint density at radius 3 is 2.90 bits per heavy atom. The van der Waals surface area contributed by atoms with Gasteiger partial charge >= 0.3 is 5.97 Å². The minimum Gasteiger partial charge on any atom is -0.480 e. The van der Waals surface area contributed by atoms with Crippen LogP contribution in [0.3, 0.4) is 0 Å². The molecule has 0 aliphatic rings. The maximum Gasteiger partial charge on any atom is 0.317 e. The van der Waals surface area contributed by atoms with Crippen LogP contribution in [0.2, 0.25) is 0 Å². The Morgan fingerprint density at radius 2 is 2.10 bits per heavy atom. The highest BCUT2D eigenvalue weighted by Gasteiger charge is 2.15. The van der Waals surface area contributed by atoms with Crippen LogP contribution in [-0.2, 0) is 11.3 Å². The summed E-state index contributed by atoms with van der Waals surface area (Å²) in [6, 6.07) is 10.6. The number of aryl methyl sites for hydroxylation is 1. The van der Waals surface area contributed by atoms with Crippen molar-refractivity contribution in [2.45, 2.75) is 13.5 Å². The van der Waals surface area contributed by atoms with E-state index < -0.39 is 5.97 Å².